The van der Waals surface area contributed by atoms with Crippen molar-refractivity contribution in [2.45, 2.75) is 111 Å². The van der Waals surface area contributed by atoms with Gasteiger partial charge >= 0.3 is 0 Å². The molecule has 0 aromatic rings. The summed E-state index contributed by atoms with van der Waals surface area (Å²) in [7, 11) is 0. The number of allylic oxidation sites excluding steroid dienone is 2. The molecule has 0 aromatic carbocycles. The van der Waals surface area contributed by atoms with Crippen molar-refractivity contribution in [1.82, 2.24) is 0 Å². The van der Waals surface area contributed by atoms with Crippen LogP contribution >= 0.6 is 0 Å². The summed E-state index contributed by atoms with van der Waals surface area (Å²) in [5.74, 6) is 3.98. The van der Waals surface area contributed by atoms with Gasteiger partial charge in [0.15, 0.2) is 0 Å². The summed E-state index contributed by atoms with van der Waals surface area (Å²) < 4.78 is 0. The predicted molar refractivity (Wildman–Crippen MR) is 130 cm³/mol. The lowest BCUT2D eigenvalue weighted by molar-refractivity contribution is -0.0542. The van der Waals surface area contributed by atoms with Crippen LogP contribution in [0.5, 0.6) is 0 Å². The van der Waals surface area contributed by atoms with E-state index in [9.17, 15) is 10.2 Å². The first-order valence-electron chi connectivity index (χ1n) is 13.3. The second-order valence-corrected chi connectivity index (χ2v) is 12.6. The molecule has 0 spiro atoms. The lowest BCUT2D eigenvalue weighted by Crippen LogP contribution is -2.50. The van der Waals surface area contributed by atoms with Crippen LogP contribution in [0.15, 0.2) is 23.8 Å². The van der Waals surface area contributed by atoms with Crippen molar-refractivity contribution >= 4 is 0 Å². The summed E-state index contributed by atoms with van der Waals surface area (Å²) in [6, 6.07) is 0. The normalized spacial score (nSPS) is 45.6. The lowest BCUT2D eigenvalue weighted by atomic mass is 9.47. The fraction of sp³-hybridized carbons (Fsp3) is 0.862. The molecule has 4 aliphatic rings. The largest absolute Gasteiger partial charge is 0.393 e. The van der Waals surface area contributed by atoms with Gasteiger partial charge in [-0.1, -0.05) is 65.3 Å². The topological polar surface area (TPSA) is 40.5 Å². The summed E-state index contributed by atoms with van der Waals surface area (Å²) in [6.45, 7) is 13.9. The molecule has 3 saturated carbocycles. The zero-order valence-electron chi connectivity index (χ0n) is 21.0. The minimum absolute atomic E-state index is 0.110. The summed E-state index contributed by atoms with van der Waals surface area (Å²) in [5, 5.41) is 21.2. The molecule has 2 nitrogen and oxygen atoms in total. The van der Waals surface area contributed by atoms with E-state index in [1.54, 1.807) is 5.57 Å². The molecule has 2 heteroatoms. The highest BCUT2D eigenvalue weighted by atomic mass is 16.3. The molecule has 0 aromatic heterocycles. The number of hydrogen-bond acceptors (Lipinski definition) is 2. The van der Waals surface area contributed by atoms with E-state index in [0.717, 1.165) is 42.9 Å². The Morgan fingerprint density at radius 1 is 1.10 bits per heavy atom. The molecule has 4 rings (SSSR count). The molecule has 0 amide bonds. The van der Waals surface area contributed by atoms with Gasteiger partial charge in [0.05, 0.1) is 11.7 Å². The maximum Gasteiger partial charge on any atom is 0.0847 e. The molecule has 3 fully saturated rings. The van der Waals surface area contributed by atoms with Crippen molar-refractivity contribution in [2.24, 2.45) is 46.3 Å². The van der Waals surface area contributed by atoms with E-state index in [1.807, 2.05) is 0 Å². The molecule has 0 aliphatic heterocycles. The highest BCUT2D eigenvalue weighted by Gasteiger charge is 2.59. The van der Waals surface area contributed by atoms with Gasteiger partial charge in [0, 0.05) is 0 Å². The van der Waals surface area contributed by atoms with Crippen molar-refractivity contribution in [3.05, 3.63) is 23.8 Å². The second-order valence-electron chi connectivity index (χ2n) is 12.6. The van der Waals surface area contributed by atoms with E-state index < -0.39 is 5.60 Å². The monoisotopic (exact) mass is 428 g/mol. The molecule has 0 saturated heterocycles. The number of fused-ring (bicyclic) bond motifs is 5. The Balaban J connectivity index is 1.53. The Morgan fingerprint density at radius 3 is 2.52 bits per heavy atom. The minimum Gasteiger partial charge on any atom is -0.393 e. The van der Waals surface area contributed by atoms with Gasteiger partial charge in [-0.25, -0.2) is 0 Å². The second kappa shape index (κ2) is 8.32. The van der Waals surface area contributed by atoms with Crippen LogP contribution in [0.2, 0.25) is 0 Å². The highest BCUT2D eigenvalue weighted by molar-refractivity contribution is 5.25. The van der Waals surface area contributed by atoms with E-state index >= 15 is 0 Å². The first kappa shape index (κ1) is 23.6. The fourth-order valence-corrected chi connectivity index (χ4v) is 8.72. The van der Waals surface area contributed by atoms with Crippen LogP contribution in [0.4, 0.5) is 0 Å². The first-order valence-corrected chi connectivity index (χ1v) is 13.3. The lowest BCUT2D eigenvalue weighted by Gasteiger charge is -2.58. The zero-order chi connectivity index (χ0) is 22.6. The molecule has 31 heavy (non-hydrogen) atoms. The number of aliphatic hydroxyl groups is 2. The maximum absolute atomic E-state index is 11.0. The van der Waals surface area contributed by atoms with E-state index in [0.29, 0.717) is 16.7 Å². The molecule has 0 radical (unpaired) electrons. The fourth-order valence-electron chi connectivity index (χ4n) is 8.72. The maximum atomic E-state index is 11.0. The Hall–Kier alpha value is -0.600. The standard InChI is InChI=1S/C29H48O2/c1-7-29(31,19(2)3)17-12-20(4)24-10-11-25-23-9-8-21-18-22(30)13-15-27(21,5)26(23)14-16-28(24,25)6/h8,12,17,19-20,22-26,30-31H,7,9-11,13-16,18H2,1-6H3/t20-,22+,23+,24-,25+,26+,27+,28-,29?/m1/s1. The summed E-state index contributed by atoms with van der Waals surface area (Å²) >= 11 is 0. The average Bonchev–Trinajstić information content (AvgIpc) is 3.09. The van der Waals surface area contributed by atoms with Crippen molar-refractivity contribution in [3.63, 3.8) is 0 Å². The molecular weight excluding hydrogens is 380 g/mol. The highest BCUT2D eigenvalue weighted by Crippen LogP contribution is 2.67. The van der Waals surface area contributed by atoms with Crippen LogP contribution in [0.1, 0.15) is 99.3 Å². The van der Waals surface area contributed by atoms with Gasteiger partial charge in [0.2, 0.25) is 0 Å². The van der Waals surface area contributed by atoms with Gasteiger partial charge in [0.1, 0.15) is 0 Å². The third kappa shape index (κ3) is 3.78. The van der Waals surface area contributed by atoms with E-state index in [-0.39, 0.29) is 12.0 Å². The van der Waals surface area contributed by atoms with Gasteiger partial charge in [-0.3, -0.25) is 0 Å². The van der Waals surface area contributed by atoms with Crippen molar-refractivity contribution in [2.75, 3.05) is 0 Å². The third-order valence-electron chi connectivity index (χ3n) is 11.0. The number of hydrogen-bond donors (Lipinski definition) is 2. The third-order valence-corrected chi connectivity index (χ3v) is 11.0. The van der Waals surface area contributed by atoms with Crippen LogP contribution in [0, 0.1) is 46.3 Å². The Kier molecular flexibility index (Phi) is 6.32. The summed E-state index contributed by atoms with van der Waals surface area (Å²) in [5.41, 5.74) is 1.68. The SMILES string of the molecule is CCC(O)(C=C[C@@H](C)[C@H]1CC[C@H]2[C@@H]3CC=C4C[C@@H](O)CC[C@]4(C)[C@H]3CC[C@]12C)C(C)C. The van der Waals surface area contributed by atoms with Gasteiger partial charge < -0.3 is 10.2 Å². The van der Waals surface area contributed by atoms with E-state index in [4.69, 9.17) is 0 Å². The van der Waals surface area contributed by atoms with Gasteiger partial charge in [-0.15, -0.1) is 0 Å². The van der Waals surface area contributed by atoms with Gasteiger partial charge in [-0.05, 0) is 104 Å². The Bertz CT molecular complexity index is 722. The molecule has 9 atom stereocenters. The molecule has 2 N–H and O–H groups in total. The molecular formula is C29H48O2. The first-order chi connectivity index (χ1) is 14.5. The van der Waals surface area contributed by atoms with Crippen molar-refractivity contribution in [1.29, 1.82) is 0 Å². The van der Waals surface area contributed by atoms with Crippen LogP contribution in [0.25, 0.3) is 0 Å². The van der Waals surface area contributed by atoms with Gasteiger partial charge in [-0.2, -0.15) is 0 Å². The smallest absolute Gasteiger partial charge is 0.0847 e. The van der Waals surface area contributed by atoms with Crippen LogP contribution in [-0.4, -0.2) is 21.9 Å². The summed E-state index contributed by atoms with van der Waals surface area (Å²) in [4.78, 5) is 0. The van der Waals surface area contributed by atoms with Crippen LogP contribution in [-0.2, 0) is 0 Å². The zero-order valence-corrected chi connectivity index (χ0v) is 21.0. The van der Waals surface area contributed by atoms with E-state index in [2.05, 4.69) is 59.8 Å². The summed E-state index contributed by atoms with van der Waals surface area (Å²) in [6.07, 6.45) is 17.5. The number of rotatable bonds is 5. The van der Waals surface area contributed by atoms with Crippen LogP contribution < -0.4 is 0 Å². The quantitative estimate of drug-likeness (QED) is 0.467. The van der Waals surface area contributed by atoms with Crippen molar-refractivity contribution < 1.29 is 10.2 Å². The molecule has 0 bridgehead atoms. The molecule has 4 aliphatic carbocycles. The predicted octanol–water partition coefficient (Wildman–Crippen LogP) is 6.92. The molecule has 0 heterocycles. The molecule has 1 unspecified atom stereocenters. The Morgan fingerprint density at radius 2 is 1.84 bits per heavy atom. The molecule has 176 valence electrons. The number of aliphatic hydroxyl groups excluding tert-OH is 1. The van der Waals surface area contributed by atoms with Crippen molar-refractivity contribution in [3.8, 4) is 0 Å². The Labute approximate surface area is 191 Å². The average molecular weight is 429 g/mol. The van der Waals surface area contributed by atoms with Crippen LogP contribution in [0.3, 0.4) is 0 Å². The van der Waals surface area contributed by atoms with Gasteiger partial charge in [0.25, 0.3) is 0 Å². The van der Waals surface area contributed by atoms with E-state index in [1.165, 1.54) is 38.5 Å². The minimum atomic E-state index is -0.671.